The van der Waals surface area contributed by atoms with E-state index in [1.165, 1.54) is 0 Å². The van der Waals surface area contributed by atoms with Gasteiger partial charge in [0.25, 0.3) is 0 Å². The Morgan fingerprint density at radius 3 is 2.33 bits per heavy atom. The van der Waals surface area contributed by atoms with Crippen molar-refractivity contribution >= 4 is 10.0 Å². The van der Waals surface area contributed by atoms with Crippen molar-refractivity contribution in [2.45, 2.75) is 26.8 Å². The summed E-state index contributed by atoms with van der Waals surface area (Å²) in [7, 11) is -3.38. The van der Waals surface area contributed by atoms with Gasteiger partial charge in [-0.1, -0.05) is 12.1 Å². The van der Waals surface area contributed by atoms with E-state index in [4.69, 9.17) is 5.11 Å². The summed E-state index contributed by atoms with van der Waals surface area (Å²) in [6.07, 6.45) is 0.205. The van der Waals surface area contributed by atoms with Crippen molar-refractivity contribution in [3.8, 4) is 0 Å². The predicted molar refractivity (Wildman–Crippen MR) is 68.2 cm³/mol. The summed E-state index contributed by atoms with van der Waals surface area (Å²) in [5.41, 5.74) is 1.72. The van der Waals surface area contributed by atoms with Crippen LogP contribution in [0, 0.1) is 19.7 Å². The first-order chi connectivity index (χ1) is 8.35. The number of nitrogens with one attached hydrogen (secondary N) is 1. The maximum Gasteiger partial charge on any atom is 0.211 e. The van der Waals surface area contributed by atoms with E-state index < -0.39 is 10.0 Å². The van der Waals surface area contributed by atoms with Crippen LogP contribution in [0.2, 0.25) is 0 Å². The van der Waals surface area contributed by atoms with Crippen LogP contribution in [-0.4, -0.2) is 25.9 Å². The second-order valence-electron chi connectivity index (χ2n) is 4.26. The van der Waals surface area contributed by atoms with E-state index in [2.05, 4.69) is 4.72 Å². The molecule has 1 aromatic carbocycles. The molecule has 0 bridgehead atoms. The third kappa shape index (κ3) is 4.36. The largest absolute Gasteiger partial charge is 0.396 e. The van der Waals surface area contributed by atoms with Crippen LogP contribution in [0.25, 0.3) is 0 Å². The van der Waals surface area contributed by atoms with Crippen molar-refractivity contribution < 1.29 is 17.9 Å². The molecule has 1 aromatic rings. The van der Waals surface area contributed by atoms with E-state index >= 15 is 0 Å². The molecule has 0 saturated heterocycles. The molecule has 0 aliphatic rings. The second kappa shape index (κ2) is 6.26. The van der Waals surface area contributed by atoms with Gasteiger partial charge in [0, 0.05) is 13.2 Å². The van der Waals surface area contributed by atoms with Crippen molar-refractivity contribution in [1.82, 2.24) is 4.72 Å². The van der Waals surface area contributed by atoms with Crippen LogP contribution < -0.4 is 4.72 Å². The fraction of sp³-hybridized carbons (Fsp3) is 0.500. The molecule has 4 nitrogen and oxygen atoms in total. The third-order valence-electron chi connectivity index (χ3n) is 2.56. The average molecular weight is 275 g/mol. The molecule has 0 heterocycles. The van der Waals surface area contributed by atoms with E-state index in [9.17, 15) is 12.8 Å². The van der Waals surface area contributed by atoms with Crippen molar-refractivity contribution in [1.29, 1.82) is 0 Å². The summed E-state index contributed by atoms with van der Waals surface area (Å²) in [6.45, 7) is 3.27. The molecule has 1 rings (SSSR count). The van der Waals surface area contributed by atoms with E-state index in [1.54, 1.807) is 26.0 Å². The maximum absolute atomic E-state index is 13.4. The zero-order valence-corrected chi connectivity index (χ0v) is 11.3. The highest BCUT2D eigenvalue weighted by Crippen LogP contribution is 2.14. The van der Waals surface area contributed by atoms with Gasteiger partial charge in [0.05, 0.1) is 5.75 Å². The molecule has 18 heavy (non-hydrogen) atoms. The Labute approximate surface area is 107 Å². The van der Waals surface area contributed by atoms with E-state index in [1.807, 2.05) is 0 Å². The summed E-state index contributed by atoms with van der Waals surface area (Å²) >= 11 is 0. The SMILES string of the molecule is Cc1cc(CNS(=O)(=O)CCCO)cc(C)c1F. The Hall–Kier alpha value is -0.980. The van der Waals surface area contributed by atoms with Crippen LogP contribution >= 0.6 is 0 Å². The van der Waals surface area contributed by atoms with Crippen molar-refractivity contribution in [3.05, 3.63) is 34.6 Å². The van der Waals surface area contributed by atoms with Gasteiger partial charge in [-0.2, -0.15) is 0 Å². The van der Waals surface area contributed by atoms with Crippen molar-refractivity contribution in [2.75, 3.05) is 12.4 Å². The van der Waals surface area contributed by atoms with Crippen LogP contribution in [0.5, 0.6) is 0 Å². The van der Waals surface area contributed by atoms with Gasteiger partial charge < -0.3 is 5.11 Å². The number of hydrogen-bond donors (Lipinski definition) is 2. The number of rotatable bonds is 6. The predicted octanol–water partition coefficient (Wildman–Crippen LogP) is 1.24. The summed E-state index contributed by atoms with van der Waals surface area (Å²) in [5.74, 6) is -0.371. The Balaban J connectivity index is 2.69. The van der Waals surface area contributed by atoms with Gasteiger partial charge >= 0.3 is 0 Å². The van der Waals surface area contributed by atoms with Gasteiger partial charge in [0.1, 0.15) is 5.82 Å². The lowest BCUT2D eigenvalue weighted by Crippen LogP contribution is -2.26. The Kier molecular flexibility index (Phi) is 5.25. The molecule has 0 unspecified atom stereocenters. The van der Waals surface area contributed by atoms with Crippen LogP contribution in [0.15, 0.2) is 12.1 Å². The molecule has 0 aromatic heterocycles. The molecule has 0 saturated carbocycles. The highest BCUT2D eigenvalue weighted by atomic mass is 32.2. The second-order valence-corrected chi connectivity index (χ2v) is 6.19. The topological polar surface area (TPSA) is 66.4 Å². The number of benzene rings is 1. The lowest BCUT2D eigenvalue weighted by atomic mass is 10.1. The fourth-order valence-electron chi connectivity index (χ4n) is 1.66. The Bertz CT molecular complexity index is 491. The van der Waals surface area contributed by atoms with E-state index in [0.717, 1.165) is 5.56 Å². The lowest BCUT2D eigenvalue weighted by Gasteiger charge is -2.09. The number of sulfonamides is 1. The monoisotopic (exact) mass is 275 g/mol. The number of aliphatic hydroxyl groups is 1. The Morgan fingerprint density at radius 2 is 1.83 bits per heavy atom. The molecule has 0 radical (unpaired) electrons. The number of halogens is 1. The van der Waals surface area contributed by atoms with Gasteiger partial charge in [-0.15, -0.1) is 0 Å². The first-order valence-electron chi connectivity index (χ1n) is 5.69. The molecular weight excluding hydrogens is 257 g/mol. The quantitative estimate of drug-likeness (QED) is 0.821. The zero-order valence-electron chi connectivity index (χ0n) is 10.5. The van der Waals surface area contributed by atoms with Gasteiger partial charge in [-0.3, -0.25) is 0 Å². The first-order valence-corrected chi connectivity index (χ1v) is 7.35. The van der Waals surface area contributed by atoms with Crippen molar-refractivity contribution in [2.24, 2.45) is 0 Å². The van der Waals surface area contributed by atoms with Crippen LogP contribution in [0.3, 0.4) is 0 Å². The average Bonchev–Trinajstić information content (AvgIpc) is 2.31. The molecular formula is C12H18FNO3S. The minimum atomic E-state index is -3.38. The highest BCUT2D eigenvalue weighted by molar-refractivity contribution is 7.89. The normalized spacial score (nSPS) is 11.8. The molecule has 6 heteroatoms. The van der Waals surface area contributed by atoms with Crippen molar-refractivity contribution in [3.63, 3.8) is 0 Å². The summed E-state index contributed by atoms with van der Waals surface area (Å²) in [6, 6.07) is 3.24. The summed E-state index contributed by atoms with van der Waals surface area (Å²) < 4.78 is 38.8. The van der Waals surface area contributed by atoms with Crippen LogP contribution in [0.1, 0.15) is 23.1 Å². The lowest BCUT2D eigenvalue weighted by molar-refractivity contribution is 0.295. The first kappa shape index (κ1) is 15.1. The molecule has 0 atom stereocenters. The molecule has 2 N–H and O–H groups in total. The maximum atomic E-state index is 13.4. The van der Waals surface area contributed by atoms with Gasteiger partial charge in [0.2, 0.25) is 10.0 Å². The molecule has 102 valence electrons. The number of aliphatic hydroxyl groups excluding tert-OH is 1. The minimum Gasteiger partial charge on any atom is -0.396 e. The molecule has 0 spiro atoms. The third-order valence-corrected chi connectivity index (χ3v) is 3.97. The molecule has 0 aliphatic carbocycles. The number of hydrogen-bond acceptors (Lipinski definition) is 3. The van der Waals surface area contributed by atoms with Gasteiger partial charge in [0.15, 0.2) is 0 Å². The zero-order chi connectivity index (χ0) is 13.8. The molecule has 0 amide bonds. The Morgan fingerprint density at radius 1 is 1.28 bits per heavy atom. The summed E-state index contributed by atoms with van der Waals surface area (Å²) in [4.78, 5) is 0. The van der Waals surface area contributed by atoms with Gasteiger partial charge in [-0.25, -0.2) is 17.5 Å². The fourth-order valence-corrected chi connectivity index (χ4v) is 2.70. The standard InChI is InChI=1S/C12H18FNO3S/c1-9-6-11(7-10(2)12(9)13)8-14-18(16,17)5-3-4-15/h6-7,14-15H,3-5,8H2,1-2H3. The number of aryl methyl sites for hydroxylation is 2. The smallest absolute Gasteiger partial charge is 0.211 e. The van der Waals surface area contributed by atoms with Crippen LogP contribution in [0.4, 0.5) is 4.39 Å². The summed E-state index contributed by atoms with van der Waals surface area (Å²) in [5, 5.41) is 8.58. The van der Waals surface area contributed by atoms with Crippen LogP contribution in [-0.2, 0) is 16.6 Å². The molecule has 0 fully saturated rings. The minimum absolute atomic E-state index is 0.108. The van der Waals surface area contributed by atoms with E-state index in [-0.39, 0.29) is 31.1 Å². The highest BCUT2D eigenvalue weighted by Gasteiger charge is 2.10. The molecule has 0 aliphatic heterocycles. The van der Waals surface area contributed by atoms with E-state index in [0.29, 0.717) is 11.1 Å². The van der Waals surface area contributed by atoms with Gasteiger partial charge in [-0.05, 0) is 37.0 Å².